The summed E-state index contributed by atoms with van der Waals surface area (Å²) < 4.78 is 0. The van der Waals surface area contributed by atoms with E-state index in [9.17, 15) is 0 Å². The maximum Gasteiger partial charge on any atom is 0.00671 e. The second kappa shape index (κ2) is 5.64. The highest BCUT2D eigenvalue weighted by molar-refractivity contribution is 4.83. The van der Waals surface area contributed by atoms with Crippen molar-refractivity contribution in [1.82, 2.24) is 0 Å². The minimum Gasteiger partial charge on any atom is -0.327 e. The van der Waals surface area contributed by atoms with Gasteiger partial charge in [0.15, 0.2) is 0 Å². The second-order valence-electron chi connectivity index (χ2n) is 5.03. The van der Waals surface area contributed by atoms with Crippen LogP contribution in [0.4, 0.5) is 0 Å². The smallest absolute Gasteiger partial charge is 0.00671 e. The van der Waals surface area contributed by atoms with Crippen molar-refractivity contribution in [2.24, 2.45) is 17.6 Å². The van der Waals surface area contributed by atoms with Crippen molar-refractivity contribution >= 4 is 0 Å². The lowest BCUT2D eigenvalue weighted by Gasteiger charge is -2.09. The molecule has 1 saturated carbocycles. The van der Waals surface area contributed by atoms with Crippen LogP contribution in [0.5, 0.6) is 0 Å². The van der Waals surface area contributed by atoms with Crippen LogP contribution in [0.15, 0.2) is 0 Å². The summed E-state index contributed by atoms with van der Waals surface area (Å²) in [6.45, 7) is 4.60. The maximum atomic E-state index is 6.02. The quantitative estimate of drug-likeness (QED) is 0.602. The number of hydrogen-bond donors (Lipinski definition) is 1. The highest BCUT2D eigenvalue weighted by atomic mass is 14.7. The van der Waals surface area contributed by atoms with E-state index >= 15 is 0 Å². The van der Waals surface area contributed by atoms with E-state index < -0.39 is 0 Å². The molecule has 1 aliphatic carbocycles. The minimum atomic E-state index is 0.527. The van der Waals surface area contributed by atoms with Gasteiger partial charge in [-0.15, -0.1) is 0 Å². The summed E-state index contributed by atoms with van der Waals surface area (Å²) in [6.07, 6.45) is 9.58. The summed E-state index contributed by atoms with van der Waals surface area (Å²) in [5.41, 5.74) is 6.02. The number of unbranched alkanes of at least 4 members (excludes halogenated alkanes) is 2. The molecule has 0 heterocycles. The first-order valence-electron chi connectivity index (χ1n) is 5.95. The predicted octanol–water partition coefficient (Wildman–Crippen LogP) is 3.33. The highest BCUT2D eigenvalue weighted by Crippen LogP contribution is 2.33. The van der Waals surface area contributed by atoms with E-state index in [1.807, 2.05) is 0 Å². The predicted molar refractivity (Wildman–Crippen MR) is 58.6 cm³/mol. The first-order valence-corrected chi connectivity index (χ1v) is 5.95. The summed E-state index contributed by atoms with van der Waals surface area (Å²) in [5.74, 6) is 1.77. The third kappa shape index (κ3) is 5.30. The Morgan fingerprint density at radius 2 is 1.69 bits per heavy atom. The standard InChI is InChI=1S/C12H25N/c1-10(2)6-4-3-5-7-12(13)11-8-9-11/h10-12H,3-9,13H2,1-2H3. The lowest BCUT2D eigenvalue weighted by atomic mass is 10.0. The highest BCUT2D eigenvalue weighted by Gasteiger charge is 2.27. The van der Waals surface area contributed by atoms with Crippen LogP contribution in [-0.4, -0.2) is 6.04 Å². The van der Waals surface area contributed by atoms with Gasteiger partial charge in [0.1, 0.15) is 0 Å². The van der Waals surface area contributed by atoms with Crippen LogP contribution >= 0.6 is 0 Å². The van der Waals surface area contributed by atoms with Crippen molar-refractivity contribution in [2.75, 3.05) is 0 Å². The Morgan fingerprint density at radius 1 is 1.08 bits per heavy atom. The molecule has 1 rings (SSSR count). The van der Waals surface area contributed by atoms with Gasteiger partial charge in [-0.05, 0) is 31.1 Å². The molecule has 1 heteroatoms. The lowest BCUT2D eigenvalue weighted by Crippen LogP contribution is -2.21. The molecule has 13 heavy (non-hydrogen) atoms. The summed E-state index contributed by atoms with van der Waals surface area (Å²) >= 11 is 0. The van der Waals surface area contributed by atoms with Crippen LogP contribution in [0, 0.1) is 11.8 Å². The molecule has 1 nitrogen and oxygen atoms in total. The fraction of sp³-hybridized carbons (Fsp3) is 1.00. The van der Waals surface area contributed by atoms with E-state index in [1.165, 1.54) is 44.9 Å². The lowest BCUT2D eigenvalue weighted by molar-refractivity contribution is 0.479. The van der Waals surface area contributed by atoms with Gasteiger partial charge in [-0.25, -0.2) is 0 Å². The zero-order chi connectivity index (χ0) is 9.68. The fourth-order valence-corrected chi connectivity index (χ4v) is 1.87. The van der Waals surface area contributed by atoms with Crippen LogP contribution in [0.2, 0.25) is 0 Å². The van der Waals surface area contributed by atoms with Gasteiger partial charge in [0.2, 0.25) is 0 Å². The Hall–Kier alpha value is -0.0400. The van der Waals surface area contributed by atoms with Crippen molar-refractivity contribution in [3.8, 4) is 0 Å². The molecule has 0 bridgehead atoms. The zero-order valence-electron chi connectivity index (χ0n) is 9.26. The van der Waals surface area contributed by atoms with Crippen LogP contribution < -0.4 is 5.73 Å². The monoisotopic (exact) mass is 183 g/mol. The van der Waals surface area contributed by atoms with Gasteiger partial charge < -0.3 is 5.73 Å². The molecule has 2 N–H and O–H groups in total. The number of hydrogen-bond acceptors (Lipinski definition) is 1. The summed E-state index contributed by atoms with van der Waals surface area (Å²) in [5, 5.41) is 0. The van der Waals surface area contributed by atoms with Crippen molar-refractivity contribution in [1.29, 1.82) is 0 Å². The molecule has 1 aliphatic rings. The second-order valence-corrected chi connectivity index (χ2v) is 5.03. The van der Waals surface area contributed by atoms with Gasteiger partial charge in [0, 0.05) is 6.04 Å². The Morgan fingerprint density at radius 3 is 2.23 bits per heavy atom. The molecule has 0 radical (unpaired) electrons. The third-order valence-electron chi connectivity index (χ3n) is 3.05. The molecule has 0 spiro atoms. The molecule has 0 aromatic heterocycles. The van der Waals surface area contributed by atoms with E-state index in [2.05, 4.69) is 13.8 Å². The van der Waals surface area contributed by atoms with Crippen LogP contribution in [-0.2, 0) is 0 Å². The molecule has 1 atom stereocenters. The van der Waals surface area contributed by atoms with Gasteiger partial charge in [-0.2, -0.15) is 0 Å². The average Bonchev–Trinajstić information content (AvgIpc) is 2.85. The zero-order valence-corrected chi connectivity index (χ0v) is 9.26. The normalized spacial score (nSPS) is 19.4. The van der Waals surface area contributed by atoms with E-state index in [0.29, 0.717) is 6.04 Å². The molecule has 0 aliphatic heterocycles. The fourth-order valence-electron chi connectivity index (χ4n) is 1.87. The molecule has 1 unspecified atom stereocenters. The van der Waals surface area contributed by atoms with Gasteiger partial charge in [-0.1, -0.05) is 39.5 Å². The Labute approximate surface area is 83.1 Å². The van der Waals surface area contributed by atoms with E-state index in [0.717, 1.165) is 11.8 Å². The van der Waals surface area contributed by atoms with Crippen molar-refractivity contribution in [3.05, 3.63) is 0 Å². The maximum absolute atomic E-state index is 6.02. The molecule has 0 aromatic rings. The SMILES string of the molecule is CC(C)CCCCCC(N)C1CC1. The number of rotatable bonds is 7. The molecule has 0 aromatic carbocycles. The first kappa shape index (κ1) is 11.0. The Kier molecular flexibility index (Phi) is 4.79. The van der Waals surface area contributed by atoms with Gasteiger partial charge in [-0.3, -0.25) is 0 Å². The van der Waals surface area contributed by atoms with Crippen LogP contribution in [0.3, 0.4) is 0 Å². The third-order valence-corrected chi connectivity index (χ3v) is 3.05. The molecule has 1 fully saturated rings. The summed E-state index contributed by atoms with van der Waals surface area (Å²) in [6, 6.07) is 0.527. The van der Waals surface area contributed by atoms with E-state index in [-0.39, 0.29) is 0 Å². The average molecular weight is 183 g/mol. The van der Waals surface area contributed by atoms with Crippen molar-refractivity contribution in [3.63, 3.8) is 0 Å². The van der Waals surface area contributed by atoms with E-state index in [4.69, 9.17) is 5.73 Å². The van der Waals surface area contributed by atoms with Gasteiger partial charge in [0.25, 0.3) is 0 Å². The molecular formula is C12H25N. The van der Waals surface area contributed by atoms with Crippen LogP contribution in [0.1, 0.15) is 58.8 Å². The summed E-state index contributed by atoms with van der Waals surface area (Å²) in [4.78, 5) is 0. The number of nitrogens with two attached hydrogens (primary N) is 1. The van der Waals surface area contributed by atoms with E-state index in [1.54, 1.807) is 0 Å². The molecule has 0 amide bonds. The summed E-state index contributed by atoms with van der Waals surface area (Å²) in [7, 11) is 0. The molecule has 78 valence electrons. The van der Waals surface area contributed by atoms with Gasteiger partial charge in [0.05, 0.1) is 0 Å². The van der Waals surface area contributed by atoms with Gasteiger partial charge >= 0.3 is 0 Å². The van der Waals surface area contributed by atoms with Crippen molar-refractivity contribution < 1.29 is 0 Å². The minimum absolute atomic E-state index is 0.527. The molecule has 0 saturated heterocycles. The first-order chi connectivity index (χ1) is 6.20. The Balaban J connectivity index is 1.83. The van der Waals surface area contributed by atoms with Crippen LogP contribution in [0.25, 0.3) is 0 Å². The molecular weight excluding hydrogens is 158 g/mol. The Bertz CT molecular complexity index is 127. The van der Waals surface area contributed by atoms with Crippen molar-refractivity contribution in [2.45, 2.75) is 64.8 Å². The largest absolute Gasteiger partial charge is 0.327 e. The topological polar surface area (TPSA) is 26.0 Å².